The van der Waals surface area contributed by atoms with Crippen LogP contribution in [0.2, 0.25) is 5.02 Å². The highest BCUT2D eigenvalue weighted by molar-refractivity contribution is 9.10. The van der Waals surface area contributed by atoms with E-state index in [0.29, 0.717) is 4.90 Å². The molecule has 2 aromatic carbocycles. The van der Waals surface area contributed by atoms with Gasteiger partial charge in [0.05, 0.1) is 15.1 Å². The SMILES string of the molecule is O=C(O)c1cc(SCc2c(F)ccc(Br)c2F)ccc1Cl. The fraction of sp³-hybridized carbons (Fsp3) is 0.0714. The maximum atomic E-state index is 13.8. The quantitative estimate of drug-likeness (QED) is 0.560. The molecule has 21 heavy (non-hydrogen) atoms. The molecule has 0 fully saturated rings. The summed E-state index contributed by atoms with van der Waals surface area (Å²) in [7, 11) is 0. The zero-order valence-corrected chi connectivity index (χ0v) is 13.5. The number of halogens is 4. The second-order valence-corrected chi connectivity index (χ2v) is 6.37. The molecule has 0 unspecified atom stereocenters. The predicted molar refractivity (Wildman–Crippen MR) is 82.0 cm³/mol. The van der Waals surface area contributed by atoms with E-state index in [-0.39, 0.29) is 26.4 Å². The molecule has 0 spiro atoms. The molecule has 0 heterocycles. The van der Waals surface area contributed by atoms with E-state index in [4.69, 9.17) is 16.7 Å². The van der Waals surface area contributed by atoms with Crippen molar-refractivity contribution in [1.29, 1.82) is 0 Å². The molecule has 0 aliphatic rings. The highest BCUT2D eigenvalue weighted by atomic mass is 79.9. The molecular formula is C14H8BrClF2O2S. The van der Waals surface area contributed by atoms with Crippen molar-refractivity contribution >= 4 is 45.3 Å². The lowest BCUT2D eigenvalue weighted by Crippen LogP contribution is -1.98. The number of carboxylic acid groups (broad SMARTS) is 1. The van der Waals surface area contributed by atoms with Gasteiger partial charge < -0.3 is 5.11 Å². The Morgan fingerprint density at radius 1 is 1.29 bits per heavy atom. The van der Waals surface area contributed by atoms with Crippen molar-refractivity contribution in [2.24, 2.45) is 0 Å². The minimum atomic E-state index is -1.15. The third kappa shape index (κ3) is 3.75. The van der Waals surface area contributed by atoms with E-state index in [1.165, 1.54) is 24.3 Å². The van der Waals surface area contributed by atoms with Crippen LogP contribution in [0.15, 0.2) is 39.7 Å². The summed E-state index contributed by atoms with van der Waals surface area (Å²) in [6.07, 6.45) is 0. The van der Waals surface area contributed by atoms with Crippen LogP contribution in [0.3, 0.4) is 0 Å². The average molecular weight is 394 g/mol. The molecule has 0 aliphatic heterocycles. The predicted octanol–water partition coefficient (Wildman–Crippen LogP) is 5.37. The summed E-state index contributed by atoms with van der Waals surface area (Å²) in [6.45, 7) is 0. The normalized spacial score (nSPS) is 10.7. The number of hydrogen-bond acceptors (Lipinski definition) is 2. The second-order valence-electron chi connectivity index (χ2n) is 4.06. The first-order valence-electron chi connectivity index (χ1n) is 5.68. The molecule has 0 saturated carbocycles. The third-order valence-electron chi connectivity index (χ3n) is 2.69. The first-order chi connectivity index (χ1) is 9.90. The van der Waals surface area contributed by atoms with E-state index >= 15 is 0 Å². The Kier molecular flexibility index (Phi) is 5.24. The monoisotopic (exact) mass is 392 g/mol. The van der Waals surface area contributed by atoms with Gasteiger partial charge in [0.1, 0.15) is 11.6 Å². The Balaban J connectivity index is 2.23. The first kappa shape index (κ1) is 16.3. The number of thioether (sulfide) groups is 1. The zero-order valence-electron chi connectivity index (χ0n) is 10.4. The summed E-state index contributed by atoms with van der Waals surface area (Å²) in [5.74, 6) is -2.41. The van der Waals surface area contributed by atoms with E-state index in [1.807, 2.05) is 0 Å². The smallest absolute Gasteiger partial charge is 0.337 e. The summed E-state index contributed by atoms with van der Waals surface area (Å²) in [6, 6.07) is 6.90. The molecule has 1 N–H and O–H groups in total. The van der Waals surface area contributed by atoms with Gasteiger partial charge in [-0.25, -0.2) is 13.6 Å². The van der Waals surface area contributed by atoms with Gasteiger partial charge in [0.2, 0.25) is 0 Å². The third-order valence-corrected chi connectivity index (χ3v) is 4.65. The number of aromatic carboxylic acids is 1. The van der Waals surface area contributed by atoms with Crippen LogP contribution in [0, 0.1) is 11.6 Å². The summed E-state index contributed by atoms with van der Waals surface area (Å²) >= 11 is 9.89. The van der Waals surface area contributed by atoms with Gasteiger partial charge in [-0.1, -0.05) is 11.6 Å². The van der Waals surface area contributed by atoms with E-state index in [2.05, 4.69) is 15.9 Å². The molecule has 0 atom stereocenters. The van der Waals surface area contributed by atoms with Crippen LogP contribution in [0.5, 0.6) is 0 Å². The van der Waals surface area contributed by atoms with Crippen molar-refractivity contribution in [2.75, 3.05) is 0 Å². The first-order valence-corrected chi connectivity index (χ1v) is 7.84. The molecule has 2 aromatic rings. The van der Waals surface area contributed by atoms with Gasteiger partial charge in [-0.2, -0.15) is 0 Å². The van der Waals surface area contributed by atoms with Crippen LogP contribution in [0.25, 0.3) is 0 Å². The lowest BCUT2D eigenvalue weighted by atomic mass is 10.2. The number of rotatable bonds is 4. The Morgan fingerprint density at radius 2 is 2.00 bits per heavy atom. The average Bonchev–Trinajstić information content (AvgIpc) is 2.44. The second kappa shape index (κ2) is 6.77. The molecule has 2 nitrogen and oxygen atoms in total. The van der Waals surface area contributed by atoms with Crippen molar-refractivity contribution in [2.45, 2.75) is 10.6 Å². The van der Waals surface area contributed by atoms with Gasteiger partial charge in [-0.3, -0.25) is 0 Å². The van der Waals surface area contributed by atoms with Crippen LogP contribution in [-0.2, 0) is 5.75 Å². The maximum absolute atomic E-state index is 13.8. The fourth-order valence-electron chi connectivity index (χ4n) is 1.61. The van der Waals surface area contributed by atoms with Gasteiger partial charge in [0, 0.05) is 16.2 Å². The van der Waals surface area contributed by atoms with E-state index in [9.17, 15) is 13.6 Å². The van der Waals surface area contributed by atoms with Crippen molar-refractivity contribution < 1.29 is 18.7 Å². The van der Waals surface area contributed by atoms with Gasteiger partial charge in [-0.15, -0.1) is 11.8 Å². The van der Waals surface area contributed by atoms with Gasteiger partial charge in [-0.05, 0) is 46.3 Å². The van der Waals surface area contributed by atoms with Crippen LogP contribution in [-0.4, -0.2) is 11.1 Å². The van der Waals surface area contributed by atoms with E-state index in [0.717, 1.165) is 11.8 Å². The topological polar surface area (TPSA) is 37.3 Å². The molecular weight excluding hydrogens is 386 g/mol. The fourth-order valence-corrected chi connectivity index (χ4v) is 3.13. The van der Waals surface area contributed by atoms with Crippen molar-refractivity contribution in [1.82, 2.24) is 0 Å². The Hall–Kier alpha value is -1.11. The summed E-state index contributed by atoms with van der Waals surface area (Å²) in [5.41, 5.74) is -0.113. The molecule has 0 radical (unpaired) electrons. The molecule has 0 saturated heterocycles. The molecule has 7 heteroatoms. The number of benzene rings is 2. The zero-order chi connectivity index (χ0) is 15.6. The lowest BCUT2D eigenvalue weighted by Gasteiger charge is -2.07. The van der Waals surface area contributed by atoms with Crippen molar-refractivity contribution in [3.05, 3.63) is 62.6 Å². The molecule has 0 bridgehead atoms. The molecule has 110 valence electrons. The van der Waals surface area contributed by atoms with E-state index in [1.54, 1.807) is 6.07 Å². The Bertz CT molecular complexity index is 710. The van der Waals surface area contributed by atoms with Crippen LogP contribution < -0.4 is 0 Å². The van der Waals surface area contributed by atoms with Crippen LogP contribution in [0.4, 0.5) is 8.78 Å². The van der Waals surface area contributed by atoms with Crippen LogP contribution >= 0.6 is 39.3 Å². The molecule has 0 amide bonds. The lowest BCUT2D eigenvalue weighted by molar-refractivity contribution is 0.0697. The maximum Gasteiger partial charge on any atom is 0.337 e. The Labute approximate surface area is 137 Å². The van der Waals surface area contributed by atoms with Gasteiger partial charge >= 0.3 is 5.97 Å². The van der Waals surface area contributed by atoms with Gasteiger partial charge in [0.25, 0.3) is 0 Å². The van der Waals surface area contributed by atoms with E-state index < -0.39 is 17.6 Å². The van der Waals surface area contributed by atoms with Gasteiger partial charge in [0.15, 0.2) is 0 Å². The summed E-state index contributed by atoms with van der Waals surface area (Å²) in [5, 5.41) is 9.10. The van der Waals surface area contributed by atoms with Crippen molar-refractivity contribution in [3.8, 4) is 0 Å². The summed E-state index contributed by atoms with van der Waals surface area (Å²) in [4.78, 5) is 11.5. The minimum absolute atomic E-state index is 0.0395. The number of carbonyl (C=O) groups is 1. The largest absolute Gasteiger partial charge is 0.478 e. The Morgan fingerprint density at radius 3 is 2.67 bits per heavy atom. The minimum Gasteiger partial charge on any atom is -0.478 e. The highest BCUT2D eigenvalue weighted by Gasteiger charge is 2.14. The summed E-state index contributed by atoms with van der Waals surface area (Å²) < 4.78 is 27.6. The molecule has 0 aromatic heterocycles. The number of carboxylic acids is 1. The standard InChI is InChI=1S/C14H8BrClF2O2S/c15-10-2-4-12(17)9(13(10)18)6-21-7-1-3-11(16)8(5-7)14(19)20/h1-5H,6H2,(H,19,20). The highest BCUT2D eigenvalue weighted by Crippen LogP contribution is 2.30. The molecule has 0 aliphatic carbocycles. The number of hydrogen-bond donors (Lipinski definition) is 1. The van der Waals surface area contributed by atoms with Crippen LogP contribution in [0.1, 0.15) is 15.9 Å². The van der Waals surface area contributed by atoms with Crippen molar-refractivity contribution in [3.63, 3.8) is 0 Å². The molecule has 2 rings (SSSR count).